The molecule has 3 aliphatic heterocycles. The number of carbonyl (C=O) groups is 19. The molecule has 666 valence electrons. The van der Waals surface area contributed by atoms with Gasteiger partial charge in [0.25, 0.3) is 0 Å². The van der Waals surface area contributed by atoms with Crippen LogP contribution in [0, 0.1) is 23.7 Å². The molecule has 3 fully saturated rings. The molecule has 0 saturated carbocycles. The molecule has 0 radical (unpaired) electrons. The van der Waals surface area contributed by atoms with E-state index >= 15 is 0 Å². The average molecular weight is 1680 g/mol. The first-order valence-electron chi connectivity index (χ1n) is 40.9. The largest absolute Gasteiger partial charge is 0.481 e. The lowest BCUT2D eigenvalue weighted by Crippen LogP contribution is -2.61. The van der Waals surface area contributed by atoms with Gasteiger partial charge in [0, 0.05) is 25.9 Å². The van der Waals surface area contributed by atoms with Gasteiger partial charge in [0.2, 0.25) is 100 Å². The number of primary amides is 1. The number of rotatable bonds is 54. The summed E-state index contributed by atoms with van der Waals surface area (Å²) in [5, 5.41) is 68.2. The van der Waals surface area contributed by atoms with Gasteiger partial charge in [-0.2, -0.15) is 0 Å². The fraction of sp³-hybridized carbons (Fsp3) is 0.750. The molecule has 3 saturated heterocycles. The minimum atomic E-state index is -1.80. The van der Waals surface area contributed by atoms with E-state index in [2.05, 4.69) is 79.8 Å². The van der Waals surface area contributed by atoms with Gasteiger partial charge in [-0.05, 0) is 166 Å². The van der Waals surface area contributed by atoms with Crippen molar-refractivity contribution in [3.05, 3.63) is 0 Å². The normalized spacial score (nSPS) is 18.2. The number of nitrogens with zero attached hydrogens (tertiary/aromatic N) is 2. The maximum absolute atomic E-state index is 14.4. The SMILES string of the molecule is CC[C@H](C)[C@H](NC(=O)[C@H](CCC(N)=O)NC(=O)[C@H](CC(C)C)NC(=O)[C@@H]1CCCN1C(=O)[C@H](CO)NC(=O)[C@H](CCC(=O)O)NC(=O)[C@H](CCCCN)NC(=O)[C@H](CC(C)C)NC(=O)CNC(=O)[C@@H]1CCCN1)C(=O)NCC(=O)N[C@@H](C)C(=O)N[C@@H](C)C(=O)N1CCC[C@H]1C(=O)NCC(=O)N[C@@H](CC(C)C)C(=O)N[C@@H](CCCCN)C(=O)O. The molecule has 42 heteroatoms. The van der Waals surface area contributed by atoms with E-state index in [1.807, 2.05) is 0 Å². The van der Waals surface area contributed by atoms with Gasteiger partial charge < -0.3 is 122 Å². The van der Waals surface area contributed by atoms with Crippen molar-refractivity contribution in [2.45, 2.75) is 282 Å². The highest BCUT2D eigenvalue weighted by Crippen LogP contribution is 2.22. The molecule has 0 bridgehead atoms. The van der Waals surface area contributed by atoms with Crippen LogP contribution in [0.3, 0.4) is 0 Å². The fourth-order valence-corrected chi connectivity index (χ4v) is 13.5. The van der Waals surface area contributed by atoms with E-state index < -0.39 is 249 Å². The van der Waals surface area contributed by atoms with Gasteiger partial charge in [-0.25, -0.2) is 4.79 Å². The summed E-state index contributed by atoms with van der Waals surface area (Å²) < 4.78 is 0. The minimum absolute atomic E-state index is 0.00850. The molecular weight excluding hydrogens is 1540 g/mol. The van der Waals surface area contributed by atoms with Crippen LogP contribution in [0.2, 0.25) is 0 Å². The molecule has 0 aliphatic carbocycles. The van der Waals surface area contributed by atoms with Gasteiger partial charge in [-0.15, -0.1) is 0 Å². The van der Waals surface area contributed by atoms with Crippen molar-refractivity contribution < 1.29 is 106 Å². The quantitative estimate of drug-likeness (QED) is 0.0252. The summed E-state index contributed by atoms with van der Waals surface area (Å²) in [5.74, 6) is -18.0. The summed E-state index contributed by atoms with van der Waals surface area (Å²) in [6.45, 7) is 14.9. The van der Waals surface area contributed by atoms with Crippen molar-refractivity contribution in [2.24, 2.45) is 40.9 Å². The number of aliphatic hydroxyl groups excluding tert-OH is 1. The highest BCUT2D eigenvalue weighted by Gasteiger charge is 2.43. The van der Waals surface area contributed by atoms with E-state index in [-0.39, 0.29) is 108 Å². The monoisotopic (exact) mass is 1670 g/mol. The number of nitrogens with two attached hydrogens (primary N) is 3. The summed E-state index contributed by atoms with van der Waals surface area (Å²) in [7, 11) is 0. The fourth-order valence-electron chi connectivity index (χ4n) is 13.5. The molecule has 15 atom stereocenters. The Balaban J connectivity index is 1.69. The van der Waals surface area contributed by atoms with Crippen molar-refractivity contribution in [2.75, 3.05) is 59.0 Å². The third-order valence-corrected chi connectivity index (χ3v) is 20.2. The zero-order valence-electron chi connectivity index (χ0n) is 69.6. The second-order valence-corrected chi connectivity index (χ2v) is 31.6. The number of unbranched alkanes of at least 4 members (excludes halogenated alkanes) is 2. The predicted octanol–water partition coefficient (Wildman–Crippen LogP) is -5.91. The molecule has 42 nitrogen and oxygen atoms in total. The average Bonchev–Trinajstić information content (AvgIpc) is 1.64. The van der Waals surface area contributed by atoms with Crippen molar-refractivity contribution >= 4 is 112 Å². The number of hydrogen-bond donors (Lipinski definition) is 21. The molecule has 0 aromatic rings. The van der Waals surface area contributed by atoms with Crippen LogP contribution in [0.15, 0.2) is 0 Å². The van der Waals surface area contributed by atoms with E-state index in [1.165, 1.54) is 18.7 Å². The number of carbonyl (C=O) groups excluding carboxylic acids is 17. The smallest absolute Gasteiger partial charge is 0.326 e. The molecule has 17 amide bonds. The van der Waals surface area contributed by atoms with Gasteiger partial charge in [0.1, 0.15) is 78.5 Å². The third-order valence-electron chi connectivity index (χ3n) is 20.2. The second-order valence-electron chi connectivity index (χ2n) is 31.6. The summed E-state index contributed by atoms with van der Waals surface area (Å²) >= 11 is 0. The highest BCUT2D eigenvalue weighted by molar-refractivity contribution is 6.01. The van der Waals surface area contributed by atoms with E-state index in [4.69, 9.17) is 17.2 Å². The molecule has 24 N–H and O–H groups in total. The van der Waals surface area contributed by atoms with Gasteiger partial charge in [0.15, 0.2) is 0 Å². The standard InChI is InChI=1S/C76H130N20O22/c1-11-43(8)62(73(114)83-36-58(99)84-44(9)63(104)85-45(10)74(115)95-31-17-22-55(95)71(112)82-38-60(101)87-52(34-41(4)5)69(110)91-50(76(117)118)20-13-15-29-78)94-67(108)48(24-26-57(79)98)90-70(111)53(35-42(6)7)92-72(113)56-23-18-32-96(56)75(116)54(39-97)93-66(107)49(25-27-61(102)103)89-65(106)47(19-12-14-28-77)88-68(109)51(33-40(2)3)86-59(100)37-81-64(105)46-21-16-30-80-46/h40-56,62,80,97H,11-39,77-78H2,1-10H3,(H2,79,98)(H,81,105)(H,82,112)(H,83,114)(H,84,99)(H,85,104)(H,86,100)(H,87,101)(H,88,109)(H,89,106)(H,90,111)(H,91,110)(H,92,113)(H,93,107)(H,94,108)(H,102,103)(H,117,118)/t43-,44-,45-,46-,47-,48-,49-,50-,51-,52-,53-,54-,55-,56-,62-/m0/s1. The van der Waals surface area contributed by atoms with Crippen LogP contribution in [-0.4, -0.2) is 281 Å². The number of aliphatic carboxylic acids is 2. The molecule has 0 unspecified atom stereocenters. The first-order chi connectivity index (χ1) is 55.7. The number of likely N-dealkylation sites (tertiary alicyclic amines) is 2. The number of aliphatic hydroxyl groups is 1. The van der Waals surface area contributed by atoms with Crippen LogP contribution in [0.4, 0.5) is 0 Å². The first kappa shape index (κ1) is 102. The van der Waals surface area contributed by atoms with E-state index in [9.17, 15) is 106 Å². The molecule has 118 heavy (non-hydrogen) atoms. The second kappa shape index (κ2) is 52.5. The van der Waals surface area contributed by atoms with Gasteiger partial charge in [-0.1, -0.05) is 61.8 Å². The van der Waals surface area contributed by atoms with E-state index in [1.54, 1.807) is 55.4 Å². The van der Waals surface area contributed by atoms with Crippen LogP contribution >= 0.6 is 0 Å². The Labute approximate surface area is 687 Å². The van der Waals surface area contributed by atoms with Crippen molar-refractivity contribution in [3.8, 4) is 0 Å². The Hall–Kier alpha value is -10.2. The van der Waals surface area contributed by atoms with Crippen LogP contribution in [0.5, 0.6) is 0 Å². The number of hydrogen-bond acceptors (Lipinski definition) is 23. The lowest BCUT2D eigenvalue weighted by Gasteiger charge is -2.31. The molecule has 0 aromatic carbocycles. The van der Waals surface area contributed by atoms with Gasteiger partial charge in [0.05, 0.1) is 32.3 Å². The number of amides is 17. The Morgan fingerprint density at radius 2 is 0.839 bits per heavy atom. The number of carboxylic acid groups (broad SMARTS) is 2. The maximum atomic E-state index is 14.4. The predicted molar refractivity (Wildman–Crippen MR) is 426 cm³/mol. The van der Waals surface area contributed by atoms with Crippen molar-refractivity contribution in [1.82, 2.24) is 89.6 Å². The maximum Gasteiger partial charge on any atom is 0.326 e. The molecule has 3 heterocycles. The molecular formula is C76H130N20O22. The number of nitrogens with one attached hydrogen (secondary N) is 15. The van der Waals surface area contributed by atoms with Gasteiger partial charge in [-0.3, -0.25) is 86.3 Å². The topological polar surface area (TPSA) is 650 Å². The zero-order chi connectivity index (χ0) is 88.6. The Kier molecular flexibility index (Phi) is 45.4. The zero-order valence-corrected chi connectivity index (χ0v) is 69.6. The lowest BCUT2D eigenvalue weighted by molar-refractivity contribution is -0.143. The summed E-state index contributed by atoms with van der Waals surface area (Å²) in [6, 6.07) is -18.3. The van der Waals surface area contributed by atoms with Crippen molar-refractivity contribution in [3.63, 3.8) is 0 Å². The lowest BCUT2D eigenvalue weighted by atomic mass is 9.97. The molecule has 3 rings (SSSR count). The van der Waals surface area contributed by atoms with E-state index in [0.717, 1.165) is 11.3 Å². The van der Waals surface area contributed by atoms with Crippen LogP contribution < -0.4 is 97.0 Å². The molecule has 3 aliphatic rings. The Morgan fingerprint density at radius 3 is 1.30 bits per heavy atom. The summed E-state index contributed by atoms with van der Waals surface area (Å²) in [5.41, 5.74) is 16.8. The summed E-state index contributed by atoms with van der Waals surface area (Å²) in [6.07, 6.45) is 2.21. The summed E-state index contributed by atoms with van der Waals surface area (Å²) in [4.78, 5) is 258. The van der Waals surface area contributed by atoms with Crippen LogP contribution in [-0.2, 0) is 91.1 Å². The van der Waals surface area contributed by atoms with Gasteiger partial charge >= 0.3 is 11.9 Å². The van der Waals surface area contributed by atoms with Crippen LogP contribution in [0.1, 0.15) is 198 Å². The Morgan fingerprint density at radius 1 is 0.415 bits per heavy atom. The van der Waals surface area contributed by atoms with Crippen LogP contribution in [0.25, 0.3) is 0 Å². The first-order valence-corrected chi connectivity index (χ1v) is 40.9. The molecule has 0 spiro atoms. The molecule has 0 aromatic heterocycles. The van der Waals surface area contributed by atoms with Crippen molar-refractivity contribution in [1.29, 1.82) is 0 Å². The number of carboxylic acids is 2. The minimum Gasteiger partial charge on any atom is -0.481 e. The third kappa shape index (κ3) is 35.9. The Bertz CT molecular complexity index is 3450. The van der Waals surface area contributed by atoms with E-state index in [0.29, 0.717) is 45.2 Å². The highest BCUT2D eigenvalue weighted by atomic mass is 16.4.